The molecule has 0 radical (unpaired) electrons. The van der Waals surface area contributed by atoms with E-state index in [4.69, 9.17) is 5.73 Å². The normalized spacial score (nSPS) is 17.3. The largest absolute Gasteiger partial charge is 0.388 e. The van der Waals surface area contributed by atoms with E-state index in [9.17, 15) is 9.90 Å². The van der Waals surface area contributed by atoms with Crippen LogP contribution in [0.5, 0.6) is 0 Å². The van der Waals surface area contributed by atoms with Gasteiger partial charge in [0.05, 0.1) is 18.2 Å². The van der Waals surface area contributed by atoms with Crippen molar-refractivity contribution in [3.63, 3.8) is 0 Å². The third kappa shape index (κ3) is 6.69. The van der Waals surface area contributed by atoms with Gasteiger partial charge in [0.2, 0.25) is 0 Å². The third-order valence-electron chi connectivity index (χ3n) is 3.82. The van der Waals surface area contributed by atoms with Crippen molar-refractivity contribution in [1.82, 2.24) is 10.6 Å². The van der Waals surface area contributed by atoms with Crippen molar-refractivity contribution in [2.45, 2.75) is 64.4 Å². The van der Waals surface area contributed by atoms with Crippen LogP contribution in [0.4, 0.5) is 0 Å². The van der Waals surface area contributed by atoms with Gasteiger partial charge in [0.25, 0.3) is 0 Å². The summed E-state index contributed by atoms with van der Waals surface area (Å²) in [4.78, 5) is 11.6. The molecule has 0 aromatic heterocycles. The zero-order valence-corrected chi connectivity index (χ0v) is 15.5. The molecule has 5 nitrogen and oxygen atoms in total. The molecule has 0 aliphatic carbocycles. The first-order chi connectivity index (χ1) is 11.2. The predicted octanol–water partition coefficient (Wildman–Crippen LogP) is 1.62. The molecule has 0 amide bonds. The van der Waals surface area contributed by atoms with Crippen LogP contribution in [0.1, 0.15) is 46.1 Å². The summed E-state index contributed by atoms with van der Waals surface area (Å²) in [6.45, 7) is 11.0. The maximum Gasteiger partial charge on any atom is 0.129 e. The molecular weight excluding hydrogens is 302 g/mol. The number of nitrogens with two attached hydrogens (primary N) is 1. The monoisotopic (exact) mass is 335 g/mol. The number of carbonyl (C=O) groups excluding carboxylic acids is 1. The number of hydrogen-bond acceptors (Lipinski definition) is 5. The first-order valence-electron chi connectivity index (χ1n) is 8.60. The molecule has 24 heavy (non-hydrogen) atoms. The Kier molecular flexibility index (Phi) is 8.03. The Labute approximate surface area is 146 Å². The van der Waals surface area contributed by atoms with Gasteiger partial charge >= 0.3 is 0 Å². The zero-order chi connectivity index (χ0) is 18.3. The van der Waals surface area contributed by atoms with Gasteiger partial charge in [-0.05, 0) is 38.8 Å². The number of aldehydes is 1. The molecule has 0 spiro atoms. The SMILES string of the molecule is CC(C)CNC(NC(C)(C)C)C(O)C(N)C(C=O)c1ccccc1. The molecule has 0 saturated heterocycles. The van der Waals surface area contributed by atoms with Crippen LogP contribution in [0.15, 0.2) is 30.3 Å². The summed E-state index contributed by atoms with van der Waals surface area (Å²) >= 11 is 0. The van der Waals surface area contributed by atoms with E-state index in [0.29, 0.717) is 5.92 Å². The van der Waals surface area contributed by atoms with Crippen molar-refractivity contribution in [2.24, 2.45) is 11.7 Å². The van der Waals surface area contributed by atoms with Crippen LogP contribution in [-0.4, -0.2) is 41.8 Å². The highest BCUT2D eigenvalue weighted by atomic mass is 16.3. The smallest absolute Gasteiger partial charge is 0.129 e. The minimum absolute atomic E-state index is 0.196. The summed E-state index contributed by atoms with van der Waals surface area (Å²) < 4.78 is 0. The predicted molar refractivity (Wildman–Crippen MR) is 98.7 cm³/mol. The Morgan fingerprint density at radius 1 is 1.21 bits per heavy atom. The highest BCUT2D eigenvalue weighted by Crippen LogP contribution is 2.20. The van der Waals surface area contributed by atoms with Gasteiger partial charge in [-0.3, -0.25) is 10.6 Å². The minimum atomic E-state index is -0.904. The van der Waals surface area contributed by atoms with Gasteiger partial charge in [0, 0.05) is 11.6 Å². The van der Waals surface area contributed by atoms with Crippen LogP contribution >= 0.6 is 0 Å². The maximum atomic E-state index is 11.6. The summed E-state index contributed by atoms with van der Waals surface area (Å²) in [5, 5.41) is 17.5. The van der Waals surface area contributed by atoms with Gasteiger partial charge in [-0.25, -0.2) is 0 Å². The molecule has 5 N–H and O–H groups in total. The number of aliphatic hydroxyl groups is 1. The second-order valence-electron chi connectivity index (χ2n) is 7.81. The van der Waals surface area contributed by atoms with Crippen LogP contribution in [0.2, 0.25) is 0 Å². The molecule has 0 bridgehead atoms. The standard InChI is InChI=1S/C19H33N3O2/c1-13(2)11-21-18(22-19(3,4)5)17(24)16(20)15(12-23)14-9-7-6-8-10-14/h6-10,12-13,15-18,21-22,24H,11,20H2,1-5H3. The first kappa shape index (κ1) is 20.8. The number of aliphatic hydroxyl groups excluding tert-OH is 1. The summed E-state index contributed by atoms with van der Waals surface area (Å²) in [5.74, 6) is -0.111. The van der Waals surface area contributed by atoms with Crippen LogP contribution in [0.3, 0.4) is 0 Å². The molecule has 0 aliphatic rings. The lowest BCUT2D eigenvalue weighted by molar-refractivity contribution is -0.110. The van der Waals surface area contributed by atoms with E-state index >= 15 is 0 Å². The summed E-state index contributed by atoms with van der Waals surface area (Å²) in [6, 6.07) is 8.64. The summed E-state index contributed by atoms with van der Waals surface area (Å²) in [5.41, 5.74) is 6.89. The maximum absolute atomic E-state index is 11.6. The fourth-order valence-electron chi connectivity index (χ4n) is 2.59. The van der Waals surface area contributed by atoms with E-state index < -0.39 is 24.2 Å². The molecular formula is C19H33N3O2. The van der Waals surface area contributed by atoms with Gasteiger partial charge in [-0.1, -0.05) is 44.2 Å². The lowest BCUT2D eigenvalue weighted by Crippen LogP contribution is -2.62. The Morgan fingerprint density at radius 3 is 2.25 bits per heavy atom. The van der Waals surface area contributed by atoms with Gasteiger partial charge in [0.1, 0.15) is 6.29 Å². The molecule has 1 rings (SSSR count). The van der Waals surface area contributed by atoms with Crippen LogP contribution in [0.25, 0.3) is 0 Å². The molecule has 136 valence electrons. The van der Waals surface area contributed by atoms with Crippen molar-refractivity contribution in [2.75, 3.05) is 6.54 Å². The molecule has 5 heteroatoms. The molecule has 0 heterocycles. The number of benzene rings is 1. The Morgan fingerprint density at radius 2 is 1.79 bits per heavy atom. The van der Waals surface area contributed by atoms with Gasteiger partial charge < -0.3 is 15.6 Å². The van der Waals surface area contributed by atoms with E-state index in [-0.39, 0.29) is 5.54 Å². The molecule has 1 aromatic carbocycles. The quantitative estimate of drug-likeness (QED) is 0.407. The fraction of sp³-hybridized carbons (Fsp3) is 0.632. The average molecular weight is 335 g/mol. The van der Waals surface area contributed by atoms with Crippen LogP contribution in [-0.2, 0) is 4.79 Å². The average Bonchev–Trinajstić information content (AvgIpc) is 2.51. The second kappa shape index (κ2) is 9.28. The lowest BCUT2D eigenvalue weighted by Gasteiger charge is -2.36. The van der Waals surface area contributed by atoms with Crippen molar-refractivity contribution in [3.8, 4) is 0 Å². The molecule has 4 unspecified atom stereocenters. The van der Waals surface area contributed by atoms with Crippen LogP contribution < -0.4 is 16.4 Å². The molecule has 0 fully saturated rings. The molecule has 4 atom stereocenters. The van der Waals surface area contributed by atoms with E-state index in [0.717, 1.165) is 18.4 Å². The topological polar surface area (TPSA) is 87.4 Å². The van der Waals surface area contributed by atoms with Gasteiger partial charge in [-0.15, -0.1) is 0 Å². The third-order valence-corrected chi connectivity index (χ3v) is 3.82. The molecule has 0 aliphatic heterocycles. The number of carbonyl (C=O) groups is 1. The number of nitrogens with one attached hydrogen (secondary N) is 2. The van der Waals surface area contributed by atoms with Crippen molar-refractivity contribution < 1.29 is 9.90 Å². The van der Waals surface area contributed by atoms with Gasteiger partial charge in [-0.2, -0.15) is 0 Å². The van der Waals surface area contributed by atoms with Crippen molar-refractivity contribution in [1.29, 1.82) is 0 Å². The Balaban J connectivity index is 2.93. The lowest BCUT2D eigenvalue weighted by atomic mass is 9.88. The molecule has 0 saturated carbocycles. The zero-order valence-electron chi connectivity index (χ0n) is 15.5. The Bertz CT molecular complexity index is 485. The summed E-state index contributed by atoms with van der Waals surface area (Å²) in [7, 11) is 0. The van der Waals surface area contributed by atoms with Crippen molar-refractivity contribution >= 4 is 6.29 Å². The van der Waals surface area contributed by atoms with E-state index in [1.807, 2.05) is 51.1 Å². The number of hydrogen-bond donors (Lipinski definition) is 4. The van der Waals surface area contributed by atoms with E-state index in [2.05, 4.69) is 24.5 Å². The van der Waals surface area contributed by atoms with Gasteiger partial charge in [0.15, 0.2) is 0 Å². The Hall–Kier alpha value is -1.27. The molecule has 1 aromatic rings. The van der Waals surface area contributed by atoms with E-state index in [1.165, 1.54) is 0 Å². The second-order valence-corrected chi connectivity index (χ2v) is 7.81. The van der Waals surface area contributed by atoms with Crippen molar-refractivity contribution in [3.05, 3.63) is 35.9 Å². The first-order valence-corrected chi connectivity index (χ1v) is 8.60. The minimum Gasteiger partial charge on any atom is -0.388 e. The van der Waals surface area contributed by atoms with Crippen LogP contribution in [0, 0.1) is 5.92 Å². The highest BCUT2D eigenvalue weighted by Gasteiger charge is 2.33. The van der Waals surface area contributed by atoms with E-state index in [1.54, 1.807) is 0 Å². The number of rotatable bonds is 9. The fourth-order valence-corrected chi connectivity index (χ4v) is 2.59. The highest BCUT2D eigenvalue weighted by molar-refractivity contribution is 5.63. The summed E-state index contributed by atoms with van der Waals surface area (Å²) in [6.07, 6.45) is -0.480.